The summed E-state index contributed by atoms with van der Waals surface area (Å²) in [5.74, 6) is 0.559. The lowest BCUT2D eigenvalue weighted by Gasteiger charge is -2.10. The molecule has 0 spiro atoms. The monoisotopic (exact) mass is 389 g/mol. The number of carboxylic acid groups (broad SMARTS) is 1. The number of benzene rings is 3. The second-order valence-electron chi connectivity index (χ2n) is 7.59. The van der Waals surface area contributed by atoms with Crippen LogP contribution < -0.4 is 10.1 Å². The molecule has 3 rings (SSSR count). The van der Waals surface area contributed by atoms with Crippen molar-refractivity contribution in [3.05, 3.63) is 95.1 Å². The fraction of sp³-hybridized carbons (Fsp3) is 0.240. The van der Waals surface area contributed by atoms with Crippen molar-refractivity contribution < 1.29 is 14.6 Å². The quantitative estimate of drug-likeness (QED) is 0.487. The van der Waals surface area contributed by atoms with Crippen LogP contribution in [-0.2, 0) is 19.6 Å². The van der Waals surface area contributed by atoms with Crippen LogP contribution in [0.25, 0.3) is 0 Å². The van der Waals surface area contributed by atoms with Crippen molar-refractivity contribution in [2.24, 2.45) is 5.92 Å². The number of hydrogen-bond donors (Lipinski definition) is 2. The molecule has 0 aliphatic rings. The summed E-state index contributed by atoms with van der Waals surface area (Å²) in [4.78, 5) is 11.0. The van der Waals surface area contributed by atoms with Crippen LogP contribution in [0.4, 0.5) is 5.69 Å². The number of nitrogens with one attached hydrogen (secondary N) is 1. The van der Waals surface area contributed by atoms with Crippen molar-refractivity contribution in [3.63, 3.8) is 0 Å². The molecule has 4 heteroatoms. The van der Waals surface area contributed by atoms with Crippen LogP contribution in [0.3, 0.4) is 0 Å². The SMILES string of the molecule is CC(C)Cc1ccc(COc2ccc(CNc3cccc(C(=O)O)c3)cc2)cc1. The van der Waals surface area contributed by atoms with Gasteiger partial charge in [-0.3, -0.25) is 0 Å². The molecule has 0 bridgehead atoms. The van der Waals surface area contributed by atoms with Crippen LogP contribution in [0.15, 0.2) is 72.8 Å². The third-order valence-corrected chi connectivity index (χ3v) is 4.60. The Hall–Kier alpha value is -3.27. The number of carboxylic acids is 1. The normalized spacial score (nSPS) is 10.7. The maximum atomic E-state index is 11.0. The van der Waals surface area contributed by atoms with Crippen molar-refractivity contribution in [3.8, 4) is 5.75 Å². The molecule has 0 unspecified atom stereocenters. The summed E-state index contributed by atoms with van der Waals surface area (Å²) in [6, 6.07) is 23.3. The standard InChI is InChI=1S/C25H27NO3/c1-18(2)14-19-6-8-21(9-7-19)17-29-24-12-10-20(11-13-24)16-26-23-5-3-4-22(15-23)25(27)28/h3-13,15,18,26H,14,16-17H2,1-2H3,(H,27,28). The van der Waals surface area contributed by atoms with Crippen molar-refractivity contribution in [2.45, 2.75) is 33.4 Å². The number of rotatable bonds is 9. The minimum Gasteiger partial charge on any atom is -0.489 e. The van der Waals surface area contributed by atoms with E-state index in [2.05, 4.69) is 43.4 Å². The molecule has 0 saturated heterocycles. The van der Waals surface area contributed by atoms with E-state index in [0.29, 0.717) is 19.1 Å². The van der Waals surface area contributed by atoms with Crippen molar-refractivity contribution in [2.75, 3.05) is 5.32 Å². The largest absolute Gasteiger partial charge is 0.489 e. The third-order valence-electron chi connectivity index (χ3n) is 4.60. The summed E-state index contributed by atoms with van der Waals surface area (Å²) in [5, 5.41) is 12.3. The van der Waals surface area contributed by atoms with Crippen LogP contribution in [0.1, 0.15) is 40.9 Å². The van der Waals surface area contributed by atoms with Gasteiger partial charge in [-0.25, -0.2) is 4.79 Å². The zero-order chi connectivity index (χ0) is 20.6. The molecule has 0 amide bonds. The van der Waals surface area contributed by atoms with E-state index in [4.69, 9.17) is 9.84 Å². The second-order valence-corrected chi connectivity index (χ2v) is 7.59. The molecule has 0 aliphatic heterocycles. The molecule has 2 N–H and O–H groups in total. The van der Waals surface area contributed by atoms with E-state index >= 15 is 0 Å². The maximum absolute atomic E-state index is 11.0. The molecule has 0 aromatic heterocycles. The van der Waals surface area contributed by atoms with E-state index in [1.807, 2.05) is 30.3 Å². The first-order chi connectivity index (χ1) is 14.0. The second kappa shape index (κ2) is 9.78. The van der Waals surface area contributed by atoms with E-state index < -0.39 is 5.97 Å². The first-order valence-electron chi connectivity index (χ1n) is 9.86. The van der Waals surface area contributed by atoms with Gasteiger partial charge in [-0.2, -0.15) is 0 Å². The minimum atomic E-state index is -0.926. The van der Waals surface area contributed by atoms with Gasteiger partial charge in [0.2, 0.25) is 0 Å². The Morgan fingerprint density at radius 1 is 0.931 bits per heavy atom. The van der Waals surface area contributed by atoms with Gasteiger partial charge in [0.05, 0.1) is 5.56 Å². The molecule has 0 fully saturated rings. The number of anilines is 1. The van der Waals surface area contributed by atoms with Crippen LogP contribution in [0, 0.1) is 5.92 Å². The lowest BCUT2D eigenvalue weighted by molar-refractivity contribution is 0.0697. The molecule has 4 nitrogen and oxygen atoms in total. The van der Waals surface area contributed by atoms with E-state index in [1.165, 1.54) is 5.56 Å². The number of ether oxygens (including phenoxy) is 1. The van der Waals surface area contributed by atoms with Gasteiger partial charge < -0.3 is 15.2 Å². The van der Waals surface area contributed by atoms with E-state index in [9.17, 15) is 4.79 Å². The van der Waals surface area contributed by atoms with Crippen LogP contribution in [-0.4, -0.2) is 11.1 Å². The van der Waals surface area contributed by atoms with Gasteiger partial charge in [0.15, 0.2) is 0 Å². The molecule has 3 aromatic rings. The van der Waals surface area contributed by atoms with Crippen molar-refractivity contribution in [1.82, 2.24) is 0 Å². The van der Waals surface area contributed by atoms with Gasteiger partial charge in [0, 0.05) is 12.2 Å². The minimum absolute atomic E-state index is 0.274. The highest BCUT2D eigenvalue weighted by Crippen LogP contribution is 2.17. The van der Waals surface area contributed by atoms with Crippen LogP contribution >= 0.6 is 0 Å². The van der Waals surface area contributed by atoms with Gasteiger partial charge in [0.25, 0.3) is 0 Å². The van der Waals surface area contributed by atoms with E-state index in [1.54, 1.807) is 18.2 Å². The average Bonchev–Trinajstić information content (AvgIpc) is 2.72. The highest BCUT2D eigenvalue weighted by atomic mass is 16.5. The third kappa shape index (κ3) is 6.39. The van der Waals surface area contributed by atoms with Gasteiger partial charge in [0.1, 0.15) is 12.4 Å². The first-order valence-corrected chi connectivity index (χ1v) is 9.86. The lowest BCUT2D eigenvalue weighted by atomic mass is 10.0. The van der Waals surface area contributed by atoms with Gasteiger partial charge >= 0.3 is 5.97 Å². The van der Waals surface area contributed by atoms with Gasteiger partial charge in [-0.1, -0.05) is 56.3 Å². The van der Waals surface area contributed by atoms with Gasteiger partial charge in [-0.05, 0) is 59.4 Å². The number of aromatic carboxylic acids is 1. The van der Waals surface area contributed by atoms with Crippen molar-refractivity contribution in [1.29, 1.82) is 0 Å². The molecule has 150 valence electrons. The lowest BCUT2D eigenvalue weighted by Crippen LogP contribution is -2.02. The molecule has 3 aromatic carbocycles. The highest BCUT2D eigenvalue weighted by Gasteiger charge is 2.04. The summed E-state index contributed by atoms with van der Waals surface area (Å²) >= 11 is 0. The fourth-order valence-electron chi connectivity index (χ4n) is 3.08. The van der Waals surface area contributed by atoms with Gasteiger partial charge in [-0.15, -0.1) is 0 Å². The Balaban J connectivity index is 1.50. The molecule has 0 radical (unpaired) electrons. The summed E-state index contributed by atoms with van der Waals surface area (Å²) in [6.07, 6.45) is 1.09. The molecule has 0 aliphatic carbocycles. The fourth-order valence-corrected chi connectivity index (χ4v) is 3.08. The van der Waals surface area contributed by atoms with Crippen LogP contribution in [0.5, 0.6) is 5.75 Å². The Labute approximate surface area is 172 Å². The van der Waals surface area contributed by atoms with Crippen molar-refractivity contribution >= 4 is 11.7 Å². The van der Waals surface area contributed by atoms with E-state index in [0.717, 1.165) is 29.0 Å². The molecule has 0 atom stereocenters. The smallest absolute Gasteiger partial charge is 0.335 e. The average molecular weight is 389 g/mol. The van der Waals surface area contributed by atoms with Crippen LogP contribution in [0.2, 0.25) is 0 Å². The topological polar surface area (TPSA) is 58.6 Å². The highest BCUT2D eigenvalue weighted by molar-refractivity contribution is 5.88. The molecular formula is C25H27NO3. The Morgan fingerprint density at radius 2 is 1.59 bits per heavy atom. The first kappa shape index (κ1) is 20.5. The summed E-state index contributed by atoms with van der Waals surface area (Å²) in [7, 11) is 0. The Kier molecular flexibility index (Phi) is 6.90. The summed E-state index contributed by atoms with van der Waals surface area (Å²) < 4.78 is 5.89. The maximum Gasteiger partial charge on any atom is 0.335 e. The molecule has 29 heavy (non-hydrogen) atoms. The predicted octanol–water partition coefficient (Wildman–Crippen LogP) is 5.77. The molecular weight excluding hydrogens is 362 g/mol. The number of hydrogen-bond acceptors (Lipinski definition) is 3. The summed E-state index contributed by atoms with van der Waals surface area (Å²) in [6.45, 7) is 5.61. The zero-order valence-electron chi connectivity index (χ0n) is 16.9. The Bertz CT molecular complexity index is 931. The molecule has 0 saturated carbocycles. The zero-order valence-corrected chi connectivity index (χ0v) is 16.9. The predicted molar refractivity (Wildman–Crippen MR) is 116 cm³/mol. The Morgan fingerprint density at radius 3 is 2.24 bits per heavy atom. The number of carbonyl (C=O) groups is 1. The molecule has 0 heterocycles. The summed E-state index contributed by atoms with van der Waals surface area (Å²) in [5.41, 5.74) is 4.66. The van der Waals surface area contributed by atoms with E-state index in [-0.39, 0.29) is 5.56 Å².